The van der Waals surface area contributed by atoms with Gasteiger partial charge in [0, 0.05) is 5.54 Å². The highest BCUT2D eigenvalue weighted by Gasteiger charge is 2.49. The van der Waals surface area contributed by atoms with Gasteiger partial charge in [0.2, 0.25) is 0 Å². The van der Waals surface area contributed by atoms with E-state index in [4.69, 9.17) is 0 Å². The standard InChI is InChI=1S/C12H27N2/c1-8-14(7)9-12(5,6)13(10-14)11(2,3)4/h8-10H2,1-7H3/q+1/t14-/m1/s1. The Labute approximate surface area is 89.5 Å². The minimum atomic E-state index is 0.286. The molecule has 1 atom stereocenters. The normalized spacial score (nSPS) is 33.6. The minimum Gasteiger partial charge on any atom is -0.312 e. The smallest absolute Gasteiger partial charge is 0.135 e. The summed E-state index contributed by atoms with van der Waals surface area (Å²) in [6.07, 6.45) is 0. The molecule has 14 heavy (non-hydrogen) atoms. The Morgan fingerprint density at radius 3 is 2.00 bits per heavy atom. The zero-order valence-corrected chi connectivity index (χ0v) is 11.0. The monoisotopic (exact) mass is 199 g/mol. The molecule has 0 bridgehead atoms. The number of rotatable bonds is 1. The molecule has 0 aromatic heterocycles. The van der Waals surface area contributed by atoms with Crippen molar-refractivity contribution in [3.8, 4) is 0 Å². The van der Waals surface area contributed by atoms with Crippen molar-refractivity contribution in [1.29, 1.82) is 0 Å². The van der Waals surface area contributed by atoms with Crippen LogP contribution < -0.4 is 0 Å². The van der Waals surface area contributed by atoms with Crippen LogP contribution in [0, 0.1) is 0 Å². The molecule has 0 aliphatic carbocycles. The highest BCUT2D eigenvalue weighted by atomic mass is 15.5. The van der Waals surface area contributed by atoms with Crippen LogP contribution in [0.15, 0.2) is 0 Å². The Hall–Kier alpha value is -0.0800. The fraction of sp³-hybridized carbons (Fsp3) is 1.00. The number of likely N-dealkylation sites (N-methyl/N-ethyl adjacent to an activating group) is 1. The Bertz CT molecular complexity index is 215. The van der Waals surface area contributed by atoms with E-state index in [1.165, 1.54) is 24.2 Å². The second kappa shape index (κ2) is 3.21. The molecule has 0 radical (unpaired) electrons. The van der Waals surface area contributed by atoms with Gasteiger partial charge in [-0.3, -0.25) is 0 Å². The maximum absolute atomic E-state index is 2.64. The third-order valence-electron chi connectivity index (χ3n) is 3.56. The Balaban J connectivity index is 2.90. The molecule has 2 nitrogen and oxygen atoms in total. The van der Waals surface area contributed by atoms with Gasteiger partial charge in [-0.1, -0.05) is 0 Å². The van der Waals surface area contributed by atoms with Crippen LogP contribution in [0.3, 0.4) is 0 Å². The van der Waals surface area contributed by atoms with Gasteiger partial charge < -0.3 is 4.48 Å². The molecule has 1 fully saturated rings. The zero-order chi connectivity index (χ0) is 11.2. The summed E-state index contributed by atoms with van der Waals surface area (Å²) in [5.41, 5.74) is 0.623. The average Bonchev–Trinajstić information content (AvgIpc) is 2.21. The summed E-state index contributed by atoms with van der Waals surface area (Å²) >= 11 is 0. The molecule has 2 heteroatoms. The van der Waals surface area contributed by atoms with Crippen LogP contribution in [-0.4, -0.2) is 47.3 Å². The topological polar surface area (TPSA) is 3.24 Å². The van der Waals surface area contributed by atoms with Gasteiger partial charge in [0.25, 0.3) is 0 Å². The molecule has 1 aliphatic rings. The van der Waals surface area contributed by atoms with E-state index in [1.807, 2.05) is 0 Å². The summed E-state index contributed by atoms with van der Waals surface area (Å²) in [6.45, 7) is 17.7. The van der Waals surface area contributed by atoms with Crippen LogP contribution in [0.25, 0.3) is 0 Å². The van der Waals surface area contributed by atoms with E-state index in [2.05, 4.69) is 53.5 Å². The van der Waals surface area contributed by atoms with Crippen molar-refractivity contribution >= 4 is 0 Å². The molecule has 1 rings (SSSR count). The molecule has 84 valence electrons. The average molecular weight is 199 g/mol. The lowest BCUT2D eigenvalue weighted by Gasteiger charge is -2.38. The second-order valence-corrected chi connectivity index (χ2v) is 6.65. The Morgan fingerprint density at radius 2 is 1.79 bits per heavy atom. The van der Waals surface area contributed by atoms with Gasteiger partial charge in [-0.25, -0.2) is 4.90 Å². The van der Waals surface area contributed by atoms with Crippen molar-refractivity contribution in [3.05, 3.63) is 0 Å². The SMILES string of the molecule is CC[N@@+]1(C)CN(C(C)(C)C)C(C)(C)C1. The zero-order valence-electron chi connectivity index (χ0n) is 11.0. The van der Waals surface area contributed by atoms with Crippen LogP contribution in [0.5, 0.6) is 0 Å². The van der Waals surface area contributed by atoms with Crippen molar-refractivity contribution in [2.75, 3.05) is 26.8 Å². The fourth-order valence-electron chi connectivity index (χ4n) is 2.93. The first-order chi connectivity index (χ1) is 6.11. The van der Waals surface area contributed by atoms with Crippen LogP contribution in [0.4, 0.5) is 0 Å². The van der Waals surface area contributed by atoms with Gasteiger partial charge in [-0.05, 0) is 41.5 Å². The summed E-state index contributed by atoms with van der Waals surface area (Å²) in [4.78, 5) is 2.64. The number of hydrogen-bond acceptors (Lipinski definition) is 1. The number of quaternary nitrogens is 1. The molecule has 1 saturated heterocycles. The van der Waals surface area contributed by atoms with E-state index in [0.29, 0.717) is 5.54 Å². The lowest BCUT2D eigenvalue weighted by atomic mass is 9.97. The van der Waals surface area contributed by atoms with E-state index in [9.17, 15) is 0 Å². The summed E-state index contributed by atoms with van der Waals surface area (Å²) < 4.78 is 1.18. The molecule has 0 aromatic carbocycles. The van der Waals surface area contributed by atoms with Gasteiger partial charge in [-0.2, -0.15) is 0 Å². The van der Waals surface area contributed by atoms with E-state index >= 15 is 0 Å². The van der Waals surface area contributed by atoms with Gasteiger partial charge >= 0.3 is 0 Å². The molecule has 0 spiro atoms. The molecule has 1 heterocycles. The van der Waals surface area contributed by atoms with E-state index in [0.717, 1.165) is 0 Å². The molecular weight excluding hydrogens is 172 g/mol. The summed E-state index contributed by atoms with van der Waals surface area (Å²) in [7, 11) is 2.37. The van der Waals surface area contributed by atoms with Gasteiger partial charge in [0.1, 0.15) is 6.67 Å². The highest BCUT2D eigenvalue weighted by molar-refractivity contribution is 4.92. The lowest BCUT2D eigenvalue weighted by molar-refractivity contribution is -0.902. The highest BCUT2D eigenvalue weighted by Crippen LogP contribution is 2.34. The number of hydrogen-bond donors (Lipinski definition) is 0. The van der Waals surface area contributed by atoms with Crippen LogP contribution in [-0.2, 0) is 0 Å². The Morgan fingerprint density at radius 1 is 1.29 bits per heavy atom. The van der Waals surface area contributed by atoms with Crippen molar-refractivity contribution in [2.45, 2.75) is 52.6 Å². The minimum absolute atomic E-state index is 0.286. The quantitative estimate of drug-likeness (QED) is 0.586. The molecule has 0 N–H and O–H groups in total. The number of nitrogens with zero attached hydrogens (tertiary/aromatic N) is 2. The van der Waals surface area contributed by atoms with Crippen molar-refractivity contribution in [3.63, 3.8) is 0 Å². The van der Waals surface area contributed by atoms with Crippen molar-refractivity contribution < 1.29 is 4.48 Å². The summed E-state index contributed by atoms with van der Waals surface area (Å²) in [6, 6.07) is 0. The maximum atomic E-state index is 2.64. The van der Waals surface area contributed by atoms with Crippen LogP contribution in [0.2, 0.25) is 0 Å². The predicted octanol–water partition coefficient (Wildman–Crippen LogP) is 2.30. The first-order valence-electron chi connectivity index (χ1n) is 5.72. The third kappa shape index (κ3) is 2.12. The molecule has 0 unspecified atom stereocenters. The molecular formula is C12H27N2+. The van der Waals surface area contributed by atoms with Crippen molar-refractivity contribution in [1.82, 2.24) is 4.90 Å². The summed E-state index contributed by atoms with van der Waals surface area (Å²) in [5, 5.41) is 0. The third-order valence-corrected chi connectivity index (χ3v) is 3.56. The van der Waals surface area contributed by atoms with E-state index < -0.39 is 0 Å². The largest absolute Gasteiger partial charge is 0.312 e. The van der Waals surface area contributed by atoms with Crippen LogP contribution >= 0.6 is 0 Å². The molecule has 0 saturated carbocycles. The van der Waals surface area contributed by atoms with E-state index in [1.54, 1.807) is 0 Å². The maximum Gasteiger partial charge on any atom is 0.135 e. The van der Waals surface area contributed by atoms with Gasteiger partial charge in [0.15, 0.2) is 0 Å². The summed E-state index contributed by atoms with van der Waals surface area (Å²) in [5.74, 6) is 0. The first kappa shape index (κ1) is 12.0. The second-order valence-electron chi connectivity index (χ2n) is 6.65. The first-order valence-corrected chi connectivity index (χ1v) is 5.72. The lowest BCUT2D eigenvalue weighted by Crippen LogP contribution is -2.51. The van der Waals surface area contributed by atoms with E-state index in [-0.39, 0.29) is 5.54 Å². The molecule has 0 amide bonds. The van der Waals surface area contributed by atoms with Crippen molar-refractivity contribution in [2.24, 2.45) is 0 Å². The fourth-order valence-corrected chi connectivity index (χ4v) is 2.93. The predicted molar refractivity (Wildman–Crippen MR) is 62.1 cm³/mol. The Kier molecular flexibility index (Phi) is 2.75. The van der Waals surface area contributed by atoms with Crippen LogP contribution in [0.1, 0.15) is 41.5 Å². The van der Waals surface area contributed by atoms with Gasteiger partial charge in [-0.15, -0.1) is 0 Å². The molecule has 1 aliphatic heterocycles. The molecule has 0 aromatic rings. The van der Waals surface area contributed by atoms with Gasteiger partial charge in [0.05, 0.1) is 25.7 Å².